The van der Waals surface area contributed by atoms with Crippen LogP contribution >= 0.6 is 11.6 Å². The van der Waals surface area contributed by atoms with E-state index in [1.165, 1.54) is 19.3 Å². The van der Waals surface area contributed by atoms with Crippen molar-refractivity contribution >= 4 is 28.9 Å². The molecule has 4 nitrogen and oxygen atoms in total. The zero-order chi connectivity index (χ0) is 15.7. The molecule has 0 aliphatic heterocycles. The largest absolute Gasteiger partial charge is 0.399 e. The molecule has 0 aliphatic carbocycles. The summed E-state index contributed by atoms with van der Waals surface area (Å²) in [6.45, 7) is 4.23. The first kappa shape index (κ1) is 17.8. The van der Waals surface area contributed by atoms with Crippen molar-refractivity contribution in [3.8, 4) is 0 Å². The first-order valence-electron chi connectivity index (χ1n) is 7.56. The van der Waals surface area contributed by atoms with Gasteiger partial charge in [-0.05, 0) is 51.2 Å². The summed E-state index contributed by atoms with van der Waals surface area (Å²) < 4.78 is 0. The topological polar surface area (TPSA) is 58.4 Å². The second-order valence-corrected chi connectivity index (χ2v) is 5.81. The Balaban J connectivity index is 2.25. The molecule has 0 spiro atoms. The Morgan fingerprint density at radius 3 is 2.67 bits per heavy atom. The van der Waals surface area contributed by atoms with Crippen LogP contribution in [-0.2, 0) is 4.79 Å². The quantitative estimate of drug-likeness (QED) is 0.539. The van der Waals surface area contributed by atoms with Gasteiger partial charge in [-0.3, -0.25) is 4.79 Å². The van der Waals surface area contributed by atoms with Gasteiger partial charge in [0.2, 0.25) is 5.91 Å². The number of carbonyl (C=O) groups excluding carboxylic acids is 1. The van der Waals surface area contributed by atoms with Gasteiger partial charge >= 0.3 is 0 Å². The number of halogens is 1. The van der Waals surface area contributed by atoms with E-state index in [-0.39, 0.29) is 5.91 Å². The SMILES string of the molecule is CCCCCN(C)CCCC(=O)Nc1ccc(N)cc1Cl. The molecule has 0 aliphatic rings. The third-order valence-corrected chi connectivity index (χ3v) is 3.67. The smallest absolute Gasteiger partial charge is 0.224 e. The van der Waals surface area contributed by atoms with Gasteiger partial charge in [-0.25, -0.2) is 0 Å². The van der Waals surface area contributed by atoms with Gasteiger partial charge in [-0.1, -0.05) is 31.4 Å². The molecule has 1 rings (SSSR count). The fourth-order valence-electron chi connectivity index (χ4n) is 2.10. The molecule has 0 bridgehead atoms. The van der Waals surface area contributed by atoms with Gasteiger partial charge in [0.25, 0.3) is 0 Å². The molecular weight excluding hydrogens is 286 g/mol. The highest BCUT2D eigenvalue weighted by Crippen LogP contribution is 2.24. The molecule has 0 radical (unpaired) electrons. The number of hydrogen-bond acceptors (Lipinski definition) is 3. The lowest BCUT2D eigenvalue weighted by Gasteiger charge is -2.16. The fraction of sp³-hybridized carbons (Fsp3) is 0.562. The van der Waals surface area contributed by atoms with E-state index >= 15 is 0 Å². The first-order valence-corrected chi connectivity index (χ1v) is 7.94. The molecule has 1 amide bonds. The van der Waals surface area contributed by atoms with Crippen molar-refractivity contribution in [3.63, 3.8) is 0 Å². The fourth-order valence-corrected chi connectivity index (χ4v) is 2.33. The Hall–Kier alpha value is -1.26. The Bertz CT molecular complexity index is 451. The van der Waals surface area contributed by atoms with Crippen LogP contribution in [0.25, 0.3) is 0 Å². The van der Waals surface area contributed by atoms with Crippen LogP contribution in [0.1, 0.15) is 39.0 Å². The van der Waals surface area contributed by atoms with Crippen molar-refractivity contribution in [3.05, 3.63) is 23.2 Å². The number of unbranched alkanes of at least 4 members (excludes halogenated alkanes) is 2. The summed E-state index contributed by atoms with van der Waals surface area (Å²) in [6, 6.07) is 5.09. The van der Waals surface area contributed by atoms with Crippen molar-refractivity contribution in [2.24, 2.45) is 0 Å². The highest BCUT2D eigenvalue weighted by Gasteiger charge is 2.07. The first-order chi connectivity index (χ1) is 10.0. The standard InChI is InChI=1S/C16H26ClN3O/c1-3-4-5-10-20(2)11-6-7-16(21)19-15-9-8-13(18)12-14(15)17/h8-9,12H,3-7,10-11,18H2,1-2H3,(H,19,21). The van der Waals surface area contributed by atoms with Gasteiger partial charge in [0.1, 0.15) is 0 Å². The van der Waals surface area contributed by atoms with Crippen LogP contribution in [0.3, 0.4) is 0 Å². The third-order valence-electron chi connectivity index (χ3n) is 3.35. The van der Waals surface area contributed by atoms with E-state index in [0.29, 0.717) is 22.8 Å². The van der Waals surface area contributed by atoms with E-state index in [1.807, 2.05) is 0 Å². The molecule has 1 aromatic rings. The van der Waals surface area contributed by atoms with Crippen LogP contribution in [0.4, 0.5) is 11.4 Å². The number of carbonyl (C=O) groups is 1. The lowest BCUT2D eigenvalue weighted by molar-refractivity contribution is -0.116. The molecule has 3 N–H and O–H groups in total. The number of amides is 1. The molecule has 21 heavy (non-hydrogen) atoms. The van der Waals surface area contributed by atoms with Crippen LogP contribution in [0, 0.1) is 0 Å². The third kappa shape index (κ3) is 7.34. The molecule has 0 saturated carbocycles. The summed E-state index contributed by atoms with van der Waals surface area (Å²) in [4.78, 5) is 14.1. The second-order valence-electron chi connectivity index (χ2n) is 5.40. The maximum absolute atomic E-state index is 11.9. The molecule has 118 valence electrons. The van der Waals surface area contributed by atoms with Crippen molar-refractivity contribution in [2.45, 2.75) is 39.0 Å². The van der Waals surface area contributed by atoms with Gasteiger partial charge in [-0.2, -0.15) is 0 Å². The van der Waals surface area contributed by atoms with Gasteiger partial charge in [0.05, 0.1) is 10.7 Å². The minimum Gasteiger partial charge on any atom is -0.399 e. The lowest BCUT2D eigenvalue weighted by atomic mass is 10.2. The Labute approximate surface area is 132 Å². The number of anilines is 2. The van der Waals surface area contributed by atoms with Crippen molar-refractivity contribution in [2.75, 3.05) is 31.2 Å². The summed E-state index contributed by atoms with van der Waals surface area (Å²) in [7, 11) is 2.10. The molecule has 0 saturated heterocycles. The highest BCUT2D eigenvalue weighted by atomic mass is 35.5. The average molecular weight is 312 g/mol. The Morgan fingerprint density at radius 2 is 2.00 bits per heavy atom. The summed E-state index contributed by atoms with van der Waals surface area (Å²) >= 11 is 6.03. The zero-order valence-corrected chi connectivity index (χ0v) is 13.7. The summed E-state index contributed by atoms with van der Waals surface area (Å²) in [6.07, 6.45) is 5.07. The number of benzene rings is 1. The van der Waals surface area contributed by atoms with E-state index in [9.17, 15) is 4.79 Å². The molecule has 0 heterocycles. The minimum atomic E-state index is -0.0105. The van der Waals surface area contributed by atoms with E-state index in [0.717, 1.165) is 19.5 Å². The number of nitrogens with one attached hydrogen (secondary N) is 1. The van der Waals surface area contributed by atoms with Crippen LogP contribution in [0.15, 0.2) is 18.2 Å². The van der Waals surface area contributed by atoms with Crippen molar-refractivity contribution in [1.29, 1.82) is 0 Å². The minimum absolute atomic E-state index is 0.0105. The number of hydrogen-bond donors (Lipinski definition) is 2. The van der Waals surface area contributed by atoms with Crippen molar-refractivity contribution in [1.82, 2.24) is 4.90 Å². The van der Waals surface area contributed by atoms with Crippen LogP contribution in [0.2, 0.25) is 5.02 Å². The molecule has 0 atom stereocenters. The molecular formula is C16H26ClN3O. The van der Waals surface area contributed by atoms with E-state index in [2.05, 4.69) is 24.2 Å². The van der Waals surface area contributed by atoms with Crippen LogP contribution in [0.5, 0.6) is 0 Å². The molecule has 1 aromatic carbocycles. The average Bonchev–Trinajstić information content (AvgIpc) is 2.42. The monoisotopic (exact) mass is 311 g/mol. The predicted octanol–water partition coefficient (Wildman–Crippen LogP) is 3.76. The molecule has 0 aromatic heterocycles. The summed E-state index contributed by atoms with van der Waals surface area (Å²) in [5, 5.41) is 3.29. The van der Waals surface area contributed by atoms with E-state index in [4.69, 9.17) is 17.3 Å². The lowest BCUT2D eigenvalue weighted by Crippen LogP contribution is -2.22. The van der Waals surface area contributed by atoms with Gasteiger partial charge in [0, 0.05) is 12.1 Å². The van der Waals surface area contributed by atoms with Crippen molar-refractivity contribution < 1.29 is 4.79 Å². The predicted molar refractivity (Wildman–Crippen MR) is 90.8 cm³/mol. The zero-order valence-electron chi connectivity index (χ0n) is 13.0. The maximum Gasteiger partial charge on any atom is 0.224 e. The molecule has 0 unspecified atom stereocenters. The van der Waals surface area contributed by atoms with E-state index in [1.54, 1.807) is 18.2 Å². The highest BCUT2D eigenvalue weighted by molar-refractivity contribution is 6.34. The van der Waals surface area contributed by atoms with Crippen LogP contribution < -0.4 is 11.1 Å². The molecule has 5 heteroatoms. The van der Waals surface area contributed by atoms with Gasteiger partial charge < -0.3 is 16.0 Å². The van der Waals surface area contributed by atoms with Crippen LogP contribution in [-0.4, -0.2) is 30.9 Å². The summed E-state index contributed by atoms with van der Waals surface area (Å²) in [5.41, 5.74) is 6.83. The maximum atomic E-state index is 11.9. The van der Waals surface area contributed by atoms with E-state index < -0.39 is 0 Å². The van der Waals surface area contributed by atoms with Gasteiger partial charge in [0.15, 0.2) is 0 Å². The summed E-state index contributed by atoms with van der Waals surface area (Å²) in [5.74, 6) is -0.0105. The van der Waals surface area contributed by atoms with Gasteiger partial charge in [-0.15, -0.1) is 0 Å². The molecule has 0 fully saturated rings. The number of rotatable bonds is 9. The second kappa shape index (κ2) is 9.64. The number of nitrogens with two attached hydrogens (primary N) is 1. The Kier molecular flexibility index (Phi) is 8.16. The Morgan fingerprint density at radius 1 is 1.29 bits per heavy atom. The number of nitrogens with zero attached hydrogens (tertiary/aromatic N) is 1. The normalized spacial score (nSPS) is 10.9. The number of nitrogen functional groups attached to an aromatic ring is 1.